The van der Waals surface area contributed by atoms with Gasteiger partial charge in [-0.2, -0.15) is 0 Å². The maximum atomic E-state index is 12.2. The predicted octanol–water partition coefficient (Wildman–Crippen LogP) is 3.06. The minimum Gasteiger partial charge on any atom is -0.375 e. The van der Waals surface area contributed by atoms with Gasteiger partial charge in [0.2, 0.25) is 0 Å². The molecule has 9 heteroatoms. The van der Waals surface area contributed by atoms with E-state index in [4.69, 9.17) is 9.73 Å². The maximum absolute atomic E-state index is 12.2. The van der Waals surface area contributed by atoms with Gasteiger partial charge >= 0.3 is 0 Å². The highest BCUT2D eigenvalue weighted by atomic mass is 127. The molecule has 2 heterocycles. The molecule has 2 N–H and O–H groups in total. The van der Waals surface area contributed by atoms with Crippen molar-refractivity contribution in [2.75, 3.05) is 36.9 Å². The minimum absolute atomic E-state index is 0. The van der Waals surface area contributed by atoms with Crippen molar-refractivity contribution in [2.24, 2.45) is 4.99 Å². The molecule has 7 nitrogen and oxygen atoms in total. The standard InChI is InChI=1S/C22H37N5O2S.HI/c1-4-23-22(26-19-7-6-8-20(13-19)30(28)5-2)25-15-18-9-10-21(24-14-18)27-11-12-29-17(3)16-27;/h9-10,14,17,19-20H,4-8,11-13,15-16H2,1-3H3,(H2,23,25,26);1H. The molecular weight excluding hydrogens is 525 g/mol. The normalized spacial score (nSPS) is 25.5. The van der Waals surface area contributed by atoms with Crippen molar-refractivity contribution in [2.45, 2.75) is 70.4 Å². The van der Waals surface area contributed by atoms with Gasteiger partial charge < -0.3 is 20.3 Å². The van der Waals surface area contributed by atoms with Crippen molar-refractivity contribution in [1.82, 2.24) is 15.6 Å². The van der Waals surface area contributed by atoms with E-state index in [1.165, 1.54) is 0 Å². The fourth-order valence-electron chi connectivity index (χ4n) is 4.16. The highest BCUT2D eigenvalue weighted by Crippen LogP contribution is 2.23. The number of aliphatic imine (C=N–C) groups is 1. The second-order valence-corrected chi connectivity index (χ2v) is 10.2. The van der Waals surface area contributed by atoms with E-state index in [0.717, 1.165) is 75.0 Å². The predicted molar refractivity (Wildman–Crippen MR) is 140 cm³/mol. The summed E-state index contributed by atoms with van der Waals surface area (Å²) in [6.07, 6.45) is 6.43. The van der Waals surface area contributed by atoms with E-state index in [1.807, 2.05) is 13.1 Å². The second kappa shape index (κ2) is 13.6. The Balaban J connectivity index is 0.00000341. The number of halogens is 1. The van der Waals surface area contributed by atoms with Crippen molar-refractivity contribution in [3.63, 3.8) is 0 Å². The maximum Gasteiger partial charge on any atom is 0.191 e. The Morgan fingerprint density at radius 2 is 2.19 bits per heavy atom. The first-order chi connectivity index (χ1) is 14.6. The van der Waals surface area contributed by atoms with Crippen molar-refractivity contribution in [1.29, 1.82) is 0 Å². The van der Waals surface area contributed by atoms with Crippen molar-refractivity contribution < 1.29 is 8.95 Å². The third-order valence-electron chi connectivity index (χ3n) is 5.76. The molecule has 1 saturated heterocycles. The molecule has 1 aromatic rings. The number of anilines is 1. The van der Waals surface area contributed by atoms with Gasteiger partial charge in [0.05, 0.1) is 19.3 Å². The van der Waals surface area contributed by atoms with E-state index < -0.39 is 10.8 Å². The molecule has 0 bridgehead atoms. The van der Waals surface area contributed by atoms with Gasteiger partial charge in [-0.3, -0.25) is 4.21 Å². The van der Waals surface area contributed by atoms with Crippen LogP contribution in [0.1, 0.15) is 52.0 Å². The topological polar surface area (TPSA) is 78.8 Å². The molecule has 3 rings (SSSR count). The van der Waals surface area contributed by atoms with E-state index in [1.54, 1.807) is 0 Å². The number of guanidine groups is 1. The van der Waals surface area contributed by atoms with Gasteiger partial charge in [0, 0.05) is 53.7 Å². The average molecular weight is 564 g/mol. The Kier molecular flexibility index (Phi) is 11.5. The van der Waals surface area contributed by atoms with Crippen LogP contribution < -0.4 is 15.5 Å². The highest BCUT2D eigenvalue weighted by Gasteiger charge is 2.26. The number of pyridine rings is 1. The Hall–Kier alpha value is -0.940. The van der Waals surface area contributed by atoms with Gasteiger partial charge in [0.25, 0.3) is 0 Å². The zero-order valence-electron chi connectivity index (χ0n) is 19.0. The number of ether oxygens (including phenoxy) is 1. The zero-order valence-corrected chi connectivity index (χ0v) is 22.2. The van der Waals surface area contributed by atoms with E-state index in [0.29, 0.717) is 17.8 Å². The minimum atomic E-state index is -0.713. The van der Waals surface area contributed by atoms with Gasteiger partial charge in [-0.1, -0.05) is 19.4 Å². The molecule has 4 unspecified atom stereocenters. The van der Waals surface area contributed by atoms with Crippen LogP contribution in [0.3, 0.4) is 0 Å². The molecule has 1 aliphatic heterocycles. The number of morpholine rings is 1. The average Bonchev–Trinajstić information content (AvgIpc) is 2.77. The van der Waals surface area contributed by atoms with Crippen LogP contribution in [0.4, 0.5) is 5.82 Å². The summed E-state index contributed by atoms with van der Waals surface area (Å²) in [6, 6.07) is 4.52. The first-order valence-corrected chi connectivity index (χ1v) is 12.7. The van der Waals surface area contributed by atoms with E-state index in [2.05, 4.69) is 46.5 Å². The smallest absolute Gasteiger partial charge is 0.191 e. The van der Waals surface area contributed by atoms with Crippen molar-refractivity contribution >= 4 is 46.6 Å². The molecule has 0 radical (unpaired) electrons. The highest BCUT2D eigenvalue weighted by molar-refractivity contribution is 14.0. The summed E-state index contributed by atoms with van der Waals surface area (Å²) in [6.45, 7) is 10.1. The lowest BCUT2D eigenvalue weighted by Gasteiger charge is -2.32. The summed E-state index contributed by atoms with van der Waals surface area (Å²) in [5.74, 6) is 2.58. The number of nitrogens with one attached hydrogen (secondary N) is 2. The Morgan fingerprint density at radius 3 is 2.87 bits per heavy atom. The van der Waals surface area contributed by atoms with Crippen molar-refractivity contribution in [3.05, 3.63) is 23.9 Å². The van der Waals surface area contributed by atoms with Crippen molar-refractivity contribution in [3.8, 4) is 0 Å². The largest absolute Gasteiger partial charge is 0.375 e. The first-order valence-electron chi connectivity index (χ1n) is 11.3. The fraction of sp³-hybridized carbons (Fsp3) is 0.727. The van der Waals surface area contributed by atoms with Gasteiger partial charge in [-0.25, -0.2) is 9.98 Å². The second-order valence-electron chi connectivity index (χ2n) is 8.15. The summed E-state index contributed by atoms with van der Waals surface area (Å²) < 4.78 is 17.8. The Labute approximate surface area is 206 Å². The molecule has 0 aromatic carbocycles. The molecule has 2 aliphatic rings. The molecule has 1 aromatic heterocycles. The van der Waals surface area contributed by atoms with Crippen LogP contribution in [-0.4, -0.2) is 64.5 Å². The number of aromatic nitrogens is 1. The molecule has 0 amide bonds. The Bertz CT molecular complexity index is 718. The molecule has 176 valence electrons. The lowest BCUT2D eigenvalue weighted by atomic mass is 9.95. The molecule has 0 spiro atoms. The summed E-state index contributed by atoms with van der Waals surface area (Å²) in [5.41, 5.74) is 1.09. The third kappa shape index (κ3) is 8.16. The number of nitrogens with zero attached hydrogens (tertiary/aromatic N) is 3. The summed E-state index contributed by atoms with van der Waals surface area (Å²) >= 11 is 0. The lowest BCUT2D eigenvalue weighted by molar-refractivity contribution is 0.0529. The van der Waals surface area contributed by atoms with E-state index in [-0.39, 0.29) is 30.1 Å². The number of hydrogen-bond acceptors (Lipinski definition) is 5. The lowest BCUT2D eigenvalue weighted by Crippen LogP contribution is -2.46. The quantitative estimate of drug-likeness (QED) is 0.302. The molecule has 2 fully saturated rings. The molecule has 4 atom stereocenters. The zero-order chi connectivity index (χ0) is 21.3. The first kappa shape index (κ1) is 26.3. The van der Waals surface area contributed by atoms with Crippen LogP contribution >= 0.6 is 24.0 Å². The molecule has 1 saturated carbocycles. The third-order valence-corrected chi connectivity index (χ3v) is 7.50. The van der Waals surface area contributed by atoms with Crippen LogP contribution in [-0.2, 0) is 22.1 Å². The monoisotopic (exact) mass is 563 g/mol. The van der Waals surface area contributed by atoms with Crippen LogP contribution in [0.5, 0.6) is 0 Å². The molecule has 1 aliphatic carbocycles. The van der Waals surface area contributed by atoms with Crippen LogP contribution in [0, 0.1) is 0 Å². The van der Waals surface area contributed by atoms with Gasteiger partial charge in [0.15, 0.2) is 5.96 Å². The van der Waals surface area contributed by atoms with E-state index in [9.17, 15) is 4.21 Å². The summed E-state index contributed by atoms with van der Waals surface area (Å²) in [5, 5.41) is 7.22. The van der Waals surface area contributed by atoms with Crippen LogP contribution in [0.25, 0.3) is 0 Å². The SMILES string of the molecule is CCNC(=NCc1ccc(N2CCOC(C)C2)nc1)NC1CCCC(S(=O)CC)C1.I. The van der Waals surface area contributed by atoms with Gasteiger partial charge in [-0.15, -0.1) is 24.0 Å². The summed E-state index contributed by atoms with van der Waals surface area (Å²) in [4.78, 5) is 11.7. The Morgan fingerprint density at radius 1 is 1.35 bits per heavy atom. The number of rotatable bonds is 7. The van der Waals surface area contributed by atoms with Crippen LogP contribution in [0.2, 0.25) is 0 Å². The summed E-state index contributed by atoms with van der Waals surface area (Å²) in [7, 11) is -0.713. The van der Waals surface area contributed by atoms with Crippen LogP contribution in [0.15, 0.2) is 23.3 Å². The molecule has 31 heavy (non-hydrogen) atoms. The van der Waals surface area contributed by atoms with Gasteiger partial charge in [-0.05, 0) is 44.7 Å². The molecular formula is C22H38IN5O2S. The van der Waals surface area contributed by atoms with Gasteiger partial charge in [0.1, 0.15) is 5.82 Å². The fourth-order valence-corrected chi connectivity index (χ4v) is 5.51. The number of hydrogen-bond donors (Lipinski definition) is 2. The van der Waals surface area contributed by atoms with E-state index >= 15 is 0 Å².